The summed E-state index contributed by atoms with van der Waals surface area (Å²) in [5.74, 6) is -0.220. The Morgan fingerprint density at radius 3 is 2.79 bits per heavy atom. The minimum Gasteiger partial charge on any atom is -0.416 e. The average Bonchev–Trinajstić information content (AvgIpc) is 3.08. The van der Waals surface area contributed by atoms with Gasteiger partial charge in [0, 0.05) is 6.54 Å². The Labute approximate surface area is 160 Å². The van der Waals surface area contributed by atoms with E-state index in [0.717, 1.165) is 30.9 Å². The Bertz CT molecular complexity index is 936. The first-order valence-corrected chi connectivity index (χ1v) is 10.5. The van der Waals surface area contributed by atoms with Crippen molar-refractivity contribution in [2.45, 2.75) is 50.2 Å². The van der Waals surface area contributed by atoms with Gasteiger partial charge >= 0.3 is 16.4 Å². The largest absolute Gasteiger partial charge is 0.418 e. The van der Waals surface area contributed by atoms with Gasteiger partial charge in [-0.15, -0.1) is 14.5 Å². The van der Waals surface area contributed by atoms with Crippen LogP contribution in [0.25, 0.3) is 0 Å². The van der Waals surface area contributed by atoms with Crippen molar-refractivity contribution in [1.82, 2.24) is 25.5 Å². The number of nitrogens with one attached hydrogen (secondary N) is 1. The normalized spacial score (nSPS) is 31.0. The van der Waals surface area contributed by atoms with Crippen molar-refractivity contribution in [2.75, 3.05) is 13.1 Å². The molecule has 4 fully saturated rings. The molecule has 3 saturated heterocycles. The number of aromatic nitrogens is 2. The van der Waals surface area contributed by atoms with Gasteiger partial charge in [-0.05, 0) is 44.1 Å². The van der Waals surface area contributed by atoms with Crippen LogP contribution in [0.1, 0.15) is 54.7 Å². The molecule has 5 rings (SSSR count). The SMILES string of the molecule is O=C(c1nnc([C@@H]2CC3(CC3)[C@@H]3CN2C(=O)N3OS(=O)(=O)O)o1)[C@@H]1CCCN1. The van der Waals surface area contributed by atoms with Gasteiger partial charge in [0.15, 0.2) is 0 Å². The molecule has 4 heterocycles. The summed E-state index contributed by atoms with van der Waals surface area (Å²) >= 11 is 0. The van der Waals surface area contributed by atoms with Gasteiger partial charge < -0.3 is 14.6 Å². The average molecular weight is 413 g/mol. The highest BCUT2D eigenvalue weighted by molar-refractivity contribution is 7.80. The van der Waals surface area contributed by atoms with E-state index in [1.165, 1.54) is 4.90 Å². The number of Topliss-reactive ketones (excluding diaryl/α,β-unsaturated/α-hetero) is 1. The van der Waals surface area contributed by atoms with Gasteiger partial charge in [0.1, 0.15) is 6.04 Å². The number of hydrogen-bond donors (Lipinski definition) is 2. The van der Waals surface area contributed by atoms with E-state index in [2.05, 4.69) is 19.8 Å². The summed E-state index contributed by atoms with van der Waals surface area (Å²) in [6.45, 7) is 0.977. The molecule has 0 unspecified atom stereocenters. The summed E-state index contributed by atoms with van der Waals surface area (Å²) in [5, 5.41) is 11.7. The van der Waals surface area contributed by atoms with Crippen LogP contribution in [-0.4, -0.2) is 70.1 Å². The van der Waals surface area contributed by atoms with Crippen molar-refractivity contribution in [2.24, 2.45) is 5.41 Å². The number of nitrogens with zero attached hydrogens (tertiary/aromatic N) is 4. The molecule has 12 nitrogen and oxygen atoms in total. The summed E-state index contributed by atoms with van der Waals surface area (Å²) < 4.78 is 41.5. The molecule has 0 aromatic carbocycles. The number of amides is 2. The van der Waals surface area contributed by atoms with E-state index in [1.807, 2.05) is 0 Å². The van der Waals surface area contributed by atoms with Gasteiger partial charge in [-0.25, -0.2) is 4.79 Å². The standard InChI is InChI=1S/C15H19N5O7S/c21-11(8-2-1-5-16-8)13-18-17-12(26-13)9-6-15(3-4-15)10-7-19(9)14(22)20(10)27-28(23,24)25/h8-10,16H,1-7H2,(H,23,24,25)/t8-,9-,10-/m0/s1. The molecule has 3 aliphatic heterocycles. The van der Waals surface area contributed by atoms with Crippen molar-refractivity contribution in [3.63, 3.8) is 0 Å². The van der Waals surface area contributed by atoms with Crippen molar-refractivity contribution in [1.29, 1.82) is 0 Å². The van der Waals surface area contributed by atoms with E-state index >= 15 is 0 Å². The van der Waals surface area contributed by atoms with Crippen molar-refractivity contribution < 1.29 is 31.3 Å². The molecule has 28 heavy (non-hydrogen) atoms. The predicted molar refractivity (Wildman–Crippen MR) is 89.0 cm³/mol. The van der Waals surface area contributed by atoms with Crippen molar-refractivity contribution >= 4 is 22.2 Å². The molecule has 4 aliphatic rings. The molecule has 2 amide bonds. The number of ketones is 1. The summed E-state index contributed by atoms with van der Waals surface area (Å²) in [6.07, 6.45) is 3.67. The van der Waals surface area contributed by atoms with Crippen LogP contribution in [0.2, 0.25) is 0 Å². The number of hydrogen-bond acceptors (Lipinski definition) is 9. The van der Waals surface area contributed by atoms with E-state index in [0.29, 0.717) is 12.8 Å². The lowest BCUT2D eigenvalue weighted by Crippen LogP contribution is -2.43. The molecule has 2 N–H and O–H groups in total. The molecule has 13 heteroatoms. The highest BCUT2D eigenvalue weighted by atomic mass is 32.3. The molecule has 3 atom stereocenters. The number of carbonyl (C=O) groups excluding carboxylic acids is 2. The third-order valence-electron chi connectivity index (χ3n) is 6.15. The second-order valence-electron chi connectivity index (χ2n) is 7.82. The molecule has 1 saturated carbocycles. The molecule has 1 aromatic rings. The van der Waals surface area contributed by atoms with Gasteiger partial charge in [-0.1, -0.05) is 0 Å². The monoisotopic (exact) mass is 413 g/mol. The Hall–Kier alpha value is -2.09. The summed E-state index contributed by atoms with van der Waals surface area (Å²) in [5.41, 5.74) is -0.330. The topological polar surface area (TPSA) is 155 Å². The molecule has 1 aromatic heterocycles. The van der Waals surface area contributed by atoms with E-state index in [4.69, 9.17) is 8.97 Å². The molecular weight excluding hydrogens is 394 g/mol. The number of rotatable bonds is 5. The predicted octanol–water partition coefficient (Wildman–Crippen LogP) is 0.0699. The van der Waals surface area contributed by atoms with Crippen LogP contribution in [0, 0.1) is 5.41 Å². The maximum Gasteiger partial charge on any atom is 0.418 e. The Balaban J connectivity index is 1.41. The number of urea groups is 1. The van der Waals surface area contributed by atoms with Gasteiger partial charge in [0.25, 0.3) is 5.89 Å². The van der Waals surface area contributed by atoms with Crippen LogP contribution in [-0.2, 0) is 14.7 Å². The van der Waals surface area contributed by atoms with Crippen LogP contribution in [0.5, 0.6) is 0 Å². The van der Waals surface area contributed by atoms with E-state index in [-0.39, 0.29) is 35.6 Å². The summed E-state index contributed by atoms with van der Waals surface area (Å²) in [6, 6.07) is -2.09. The van der Waals surface area contributed by atoms with Gasteiger partial charge in [-0.3, -0.25) is 9.35 Å². The third kappa shape index (κ3) is 2.80. The first-order chi connectivity index (χ1) is 13.3. The molecule has 152 valence electrons. The fourth-order valence-electron chi connectivity index (χ4n) is 4.56. The fraction of sp³-hybridized carbons (Fsp3) is 0.733. The van der Waals surface area contributed by atoms with Crippen LogP contribution < -0.4 is 5.32 Å². The van der Waals surface area contributed by atoms with Gasteiger partial charge in [0.05, 0.1) is 12.1 Å². The molecule has 2 bridgehead atoms. The maximum absolute atomic E-state index is 12.7. The highest BCUT2D eigenvalue weighted by Gasteiger charge is 2.65. The Morgan fingerprint density at radius 1 is 1.36 bits per heavy atom. The Morgan fingerprint density at radius 2 is 2.14 bits per heavy atom. The van der Waals surface area contributed by atoms with Crippen molar-refractivity contribution in [3.05, 3.63) is 11.8 Å². The first-order valence-electron chi connectivity index (χ1n) is 9.15. The molecule has 0 radical (unpaired) electrons. The van der Waals surface area contributed by atoms with Gasteiger partial charge in [-0.2, -0.15) is 13.5 Å². The third-order valence-corrected chi connectivity index (χ3v) is 6.50. The van der Waals surface area contributed by atoms with E-state index in [1.54, 1.807) is 0 Å². The maximum atomic E-state index is 12.7. The lowest BCUT2D eigenvalue weighted by Gasteiger charge is -2.34. The second kappa shape index (κ2) is 5.95. The quantitative estimate of drug-likeness (QED) is 0.500. The minimum atomic E-state index is -4.82. The van der Waals surface area contributed by atoms with Crippen molar-refractivity contribution in [3.8, 4) is 0 Å². The van der Waals surface area contributed by atoms with E-state index in [9.17, 15) is 18.0 Å². The second-order valence-corrected chi connectivity index (χ2v) is 8.82. The van der Waals surface area contributed by atoms with Gasteiger partial charge in [0.2, 0.25) is 11.7 Å². The number of fused-ring (bicyclic) bond motifs is 3. The molecule has 1 aliphatic carbocycles. The zero-order chi connectivity index (χ0) is 19.7. The number of carbonyl (C=O) groups is 2. The zero-order valence-corrected chi connectivity index (χ0v) is 15.6. The highest BCUT2D eigenvalue weighted by Crippen LogP contribution is 2.61. The summed E-state index contributed by atoms with van der Waals surface area (Å²) in [4.78, 5) is 26.5. The summed E-state index contributed by atoms with van der Waals surface area (Å²) in [7, 11) is -4.82. The molecule has 1 spiro atoms. The first kappa shape index (κ1) is 18.0. The fourth-order valence-corrected chi connectivity index (χ4v) is 4.93. The van der Waals surface area contributed by atoms with E-state index < -0.39 is 28.5 Å². The smallest absolute Gasteiger partial charge is 0.416 e. The van der Waals surface area contributed by atoms with Crippen LogP contribution in [0.15, 0.2) is 4.42 Å². The zero-order valence-electron chi connectivity index (χ0n) is 14.8. The van der Waals surface area contributed by atoms with Crippen LogP contribution in [0.4, 0.5) is 4.79 Å². The number of piperidine rings is 1. The van der Waals surface area contributed by atoms with Crippen LogP contribution in [0.3, 0.4) is 0 Å². The lowest BCUT2D eigenvalue weighted by molar-refractivity contribution is -0.0529. The minimum absolute atomic E-state index is 0.0981. The van der Waals surface area contributed by atoms with Crippen LogP contribution >= 0.6 is 0 Å². The molecular formula is C15H19N5O7S. The lowest BCUT2D eigenvalue weighted by atomic mass is 9.85. The Kier molecular flexibility index (Phi) is 3.82. The number of hydroxylamine groups is 2.